The second-order valence-corrected chi connectivity index (χ2v) is 5.12. The average molecular weight is 258 g/mol. The number of pyridine rings is 1. The minimum absolute atomic E-state index is 0.443. The summed E-state index contributed by atoms with van der Waals surface area (Å²) in [4.78, 5) is 8.77. The molecule has 0 saturated heterocycles. The summed E-state index contributed by atoms with van der Waals surface area (Å²) in [6.07, 6.45) is 5.14. The van der Waals surface area contributed by atoms with Gasteiger partial charge < -0.3 is 9.84 Å². The van der Waals surface area contributed by atoms with E-state index in [-0.39, 0.29) is 0 Å². The first-order valence-corrected chi connectivity index (χ1v) is 6.69. The highest BCUT2D eigenvalue weighted by molar-refractivity contribution is 5.53. The summed E-state index contributed by atoms with van der Waals surface area (Å²) >= 11 is 0. The van der Waals surface area contributed by atoms with Crippen LogP contribution in [0.4, 0.5) is 0 Å². The first-order chi connectivity index (χ1) is 9.28. The molecule has 19 heavy (non-hydrogen) atoms. The molecule has 0 aromatic carbocycles. The lowest BCUT2D eigenvalue weighted by atomic mass is 10.1. The largest absolute Gasteiger partial charge is 0.339 e. The minimum Gasteiger partial charge on any atom is -0.339 e. The van der Waals surface area contributed by atoms with Crippen LogP contribution in [-0.4, -0.2) is 28.2 Å². The lowest BCUT2D eigenvalue weighted by Crippen LogP contribution is -2.29. The molecular weight excluding hydrogens is 240 g/mol. The van der Waals surface area contributed by atoms with Crippen molar-refractivity contribution in [3.63, 3.8) is 0 Å². The van der Waals surface area contributed by atoms with E-state index in [1.165, 1.54) is 12.8 Å². The third-order valence-electron chi connectivity index (χ3n) is 3.65. The molecule has 3 rings (SSSR count). The summed E-state index contributed by atoms with van der Waals surface area (Å²) in [5, 5.41) is 7.37. The molecule has 1 N–H and O–H groups in total. The predicted molar refractivity (Wildman–Crippen MR) is 71.5 cm³/mol. The fourth-order valence-corrected chi connectivity index (χ4v) is 2.34. The van der Waals surface area contributed by atoms with Crippen LogP contribution in [0, 0.1) is 12.8 Å². The Morgan fingerprint density at radius 2 is 2.32 bits per heavy atom. The maximum atomic E-state index is 5.34. The number of hydrogen-bond donors (Lipinski definition) is 1. The Balaban J connectivity index is 1.77. The Morgan fingerprint density at radius 1 is 1.47 bits per heavy atom. The van der Waals surface area contributed by atoms with Crippen molar-refractivity contribution in [3.05, 3.63) is 29.8 Å². The topological polar surface area (TPSA) is 63.8 Å². The zero-order chi connectivity index (χ0) is 13.2. The molecule has 0 aliphatic heterocycles. The molecule has 2 aromatic rings. The molecule has 100 valence electrons. The molecule has 1 aliphatic carbocycles. The van der Waals surface area contributed by atoms with E-state index in [0.717, 1.165) is 23.6 Å². The molecular formula is C14H18N4O. The van der Waals surface area contributed by atoms with Crippen LogP contribution in [0.3, 0.4) is 0 Å². The number of aromatic nitrogens is 3. The molecule has 1 atom stereocenters. The molecule has 2 aromatic heterocycles. The number of nitrogens with zero attached hydrogens (tertiary/aromatic N) is 3. The SMILES string of the molecule is CNC(Cc1nc(-c2ncccc2C)no1)C1CC1. The molecule has 0 spiro atoms. The smallest absolute Gasteiger partial charge is 0.228 e. The van der Waals surface area contributed by atoms with E-state index in [0.29, 0.717) is 17.8 Å². The number of nitrogens with one attached hydrogen (secondary N) is 1. The normalized spacial score (nSPS) is 16.5. The van der Waals surface area contributed by atoms with Gasteiger partial charge in [-0.3, -0.25) is 4.98 Å². The van der Waals surface area contributed by atoms with Crippen LogP contribution >= 0.6 is 0 Å². The number of aryl methyl sites for hydroxylation is 1. The second-order valence-electron chi connectivity index (χ2n) is 5.12. The third kappa shape index (κ3) is 2.66. The molecule has 1 fully saturated rings. The maximum absolute atomic E-state index is 5.34. The van der Waals surface area contributed by atoms with Gasteiger partial charge in [-0.15, -0.1) is 0 Å². The van der Waals surface area contributed by atoms with Gasteiger partial charge in [0.15, 0.2) is 0 Å². The zero-order valence-corrected chi connectivity index (χ0v) is 11.3. The molecule has 2 heterocycles. The quantitative estimate of drug-likeness (QED) is 0.888. The summed E-state index contributed by atoms with van der Waals surface area (Å²) in [6.45, 7) is 2.00. The Labute approximate surface area is 112 Å². The van der Waals surface area contributed by atoms with Gasteiger partial charge in [0.2, 0.25) is 11.7 Å². The maximum Gasteiger partial charge on any atom is 0.228 e. The molecule has 1 unspecified atom stereocenters. The van der Waals surface area contributed by atoms with Crippen LogP contribution in [0.25, 0.3) is 11.5 Å². The standard InChI is InChI=1S/C14H18N4O/c1-9-4-3-7-16-13(9)14-17-12(19-18-14)8-11(15-2)10-5-6-10/h3-4,7,10-11,15H,5-6,8H2,1-2H3. The van der Waals surface area contributed by atoms with Crippen molar-refractivity contribution in [2.24, 2.45) is 5.92 Å². The average Bonchev–Trinajstić information content (AvgIpc) is 3.16. The van der Waals surface area contributed by atoms with Crippen LogP contribution in [0.5, 0.6) is 0 Å². The van der Waals surface area contributed by atoms with E-state index >= 15 is 0 Å². The molecule has 0 radical (unpaired) electrons. The number of hydrogen-bond acceptors (Lipinski definition) is 5. The third-order valence-corrected chi connectivity index (χ3v) is 3.65. The monoisotopic (exact) mass is 258 g/mol. The van der Waals surface area contributed by atoms with Crippen LogP contribution in [0.1, 0.15) is 24.3 Å². The van der Waals surface area contributed by atoms with Crippen molar-refractivity contribution >= 4 is 0 Å². The Hall–Kier alpha value is -1.75. The summed E-state index contributed by atoms with van der Waals surface area (Å²) in [5.41, 5.74) is 1.85. The van der Waals surface area contributed by atoms with Crippen molar-refractivity contribution in [1.82, 2.24) is 20.4 Å². The van der Waals surface area contributed by atoms with E-state index in [2.05, 4.69) is 20.4 Å². The van der Waals surface area contributed by atoms with Crippen molar-refractivity contribution in [1.29, 1.82) is 0 Å². The van der Waals surface area contributed by atoms with E-state index in [9.17, 15) is 0 Å². The lowest BCUT2D eigenvalue weighted by molar-refractivity contribution is 0.352. The fraction of sp³-hybridized carbons (Fsp3) is 0.500. The van der Waals surface area contributed by atoms with Crippen LogP contribution in [0.2, 0.25) is 0 Å². The number of likely N-dealkylation sites (N-methyl/N-ethyl adjacent to an activating group) is 1. The van der Waals surface area contributed by atoms with Gasteiger partial charge in [-0.25, -0.2) is 0 Å². The molecule has 5 heteroatoms. The molecule has 0 bridgehead atoms. The molecule has 0 amide bonds. The predicted octanol–water partition coefficient (Wildman–Crippen LogP) is 1.98. The summed E-state index contributed by atoms with van der Waals surface area (Å²) < 4.78 is 5.34. The minimum atomic E-state index is 0.443. The highest BCUT2D eigenvalue weighted by atomic mass is 16.5. The highest BCUT2D eigenvalue weighted by Crippen LogP contribution is 2.33. The first kappa shape index (κ1) is 12.3. The van der Waals surface area contributed by atoms with E-state index < -0.39 is 0 Å². The Bertz CT molecular complexity index is 562. The van der Waals surface area contributed by atoms with Crippen LogP contribution in [0.15, 0.2) is 22.9 Å². The fourth-order valence-electron chi connectivity index (χ4n) is 2.34. The first-order valence-electron chi connectivity index (χ1n) is 6.69. The van der Waals surface area contributed by atoms with Crippen molar-refractivity contribution in [3.8, 4) is 11.5 Å². The summed E-state index contributed by atoms with van der Waals surface area (Å²) in [5.74, 6) is 2.03. The van der Waals surface area contributed by atoms with E-state index in [4.69, 9.17) is 4.52 Å². The highest BCUT2D eigenvalue weighted by Gasteiger charge is 2.31. The molecule has 1 saturated carbocycles. The van der Waals surface area contributed by atoms with Crippen molar-refractivity contribution in [2.45, 2.75) is 32.2 Å². The Kier molecular flexibility index (Phi) is 3.29. The van der Waals surface area contributed by atoms with Crippen LogP contribution in [-0.2, 0) is 6.42 Å². The van der Waals surface area contributed by atoms with Gasteiger partial charge in [0.1, 0.15) is 5.69 Å². The summed E-state index contributed by atoms with van der Waals surface area (Å²) in [7, 11) is 1.99. The van der Waals surface area contributed by atoms with Gasteiger partial charge in [0, 0.05) is 18.7 Å². The van der Waals surface area contributed by atoms with Crippen molar-refractivity contribution < 1.29 is 4.52 Å². The van der Waals surface area contributed by atoms with Gasteiger partial charge in [-0.1, -0.05) is 11.2 Å². The molecule has 1 aliphatic rings. The van der Waals surface area contributed by atoms with E-state index in [1.807, 2.05) is 26.1 Å². The van der Waals surface area contributed by atoms with Gasteiger partial charge >= 0.3 is 0 Å². The zero-order valence-electron chi connectivity index (χ0n) is 11.3. The van der Waals surface area contributed by atoms with E-state index in [1.54, 1.807) is 6.20 Å². The summed E-state index contributed by atoms with van der Waals surface area (Å²) in [6, 6.07) is 4.35. The molecule has 5 nitrogen and oxygen atoms in total. The van der Waals surface area contributed by atoms with Crippen molar-refractivity contribution in [2.75, 3.05) is 7.05 Å². The van der Waals surface area contributed by atoms with Gasteiger partial charge in [0.25, 0.3) is 0 Å². The van der Waals surface area contributed by atoms with Gasteiger partial charge in [0.05, 0.1) is 0 Å². The Morgan fingerprint density at radius 3 is 3.00 bits per heavy atom. The second kappa shape index (κ2) is 5.09. The lowest BCUT2D eigenvalue weighted by Gasteiger charge is -2.11. The van der Waals surface area contributed by atoms with Gasteiger partial charge in [-0.2, -0.15) is 4.98 Å². The van der Waals surface area contributed by atoms with Crippen LogP contribution < -0.4 is 5.32 Å². The van der Waals surface area contributed by atoms with Gasteiger partial charge in [-0.05, 0) is 44.4 Å². The number of rotatable bonds is 5.